The standard InChI is InChI=1S/C8H22O5Si2/c1-7(2,3)14(9,10)13-15(11,12)8(4,5)6/h9-12H,1-6H3. The molecule has 0 aliphatic carbocycles. The van der Waals surface area contributed by atoms with Crippen LogP contribution in [0, 0.1) is 0 Å². The average molecular weight is 254 g/mol. The van der Waals surface area contributed by atoms with Crippen LogP contribution in [0.1, 0.15) is 41.5 Å². The first-order chi connectivity index (χ1) is 6.21. The Labute approximate surface area is 93.1 Å². The molecule has 15 heavy (non-hydrogen) atoms. The van der Waals surface area contributed by atoms with Crippen LogP contribution < -0.4 is 0 Å². The largest absolute Gasteiger partial charge is 0.493 e. The Morgan fingerprint density at radius 2 is 0.867 bits per heavy atom. The second-order valence-electron chi connectivity index (χ2n) is 5.82. The molecule has 7 heteroatoms. The van der Waals surface area contributed by atoms with E-state index in [0.29, 0.717) is 0 Å². The number of hydrogen-bond donors (Lipinski definition) is 4. The predicted octanol–water partition coefficient (Wildman–Crippen LogP) is 0.450. The molecule has 0 aromatic heterocycles. The van der Waals surface area contributed by atoms with Crippen molar-refractivity contribution in [2.24, 2.45) is 0 Å². The van der Waals surface area contributed by atoms with Crippen LogP contribution in [0.25, 0.3) is 0 Å². The van der Waals surface area contributed by atoms with Gasteiger partial charge in [-0.3, -0.25) is 0 Å². The van der Waals surface area contributed by atoms with E-state index in [2.05, 4.69) is 0 Å². The summed E-state index contributed by atoms with van der Waals surface area (Å²) in [4.78, 5) is 38.9. The maximum Gasteiger partial charge on any atom is 0.493 e. The third-order valence-corrected chi connectivity index (χ3v) is 8.42. The smallest absolute Gasteiger partial charge is 0.390 e. The molecule has 0 aliphatic heterocycles. The summed E-state index contributed by atoms with van der Waals surface area (Å²) in [7, 11) is -8.18. The van der Waals surface area contributed by atoms with Crippen molar-refractivity contribution in [3.05, 3.63) is 0 Å². The van der Waals surface area contributed by atoms with Crippen molar-refractivity contribution in [1.82, 2.24) is 0 Å². The lowest BCUT2D eigenvalue weighted by atomic mass is 10.3. The summed E-state index contributed by atoms with van der Waals surface area (Å²) in [5.41, 5.74) is 0. The van der Waals surface area contributed by atoms with Gasteiger partial charge in [0.05, 0.1) is 0 Å². The quantitative estimate of drug-likeness (QED) is 0.537. The molecule has 0 rings (SSSR count). The predicted molar refractivity (Wildman–Crippen MR) is 60.9 cm³/mol. The molecule has 0 atom stereocenters. The minimum Gasteiger partial charge on any atom is -0.390 e. The summed E-state index contributed by atoms with van der Waals surface area (Å²) in [5.74, 6) is 0. The van der Waals surface area contributed by atoms with E-state index in [0.717, 1.165) is 0 Å². The van der Waals surface area contributed by atoms with Gasteiger partial charge in [-0.05, 0) is 0 Å². The van der Waals surface area contributed by atoms with Gasteiger partial charge in [0, 0.05) is 10.1 Å². The zero-order chi connectivity index (χ0) is 12.7. The fourth-order valence-corrected chi connectivity index (χ4v) is 4.54. The van der Waals surface area contributed by atoms with Gasteiger partial charge in [0.2, 0.25) is 0 Å². The molecule has 0 radical (unpaired) electrons. The SMILES string of the molecule is CC(C)(C)[Si](O)(O)O[Si](O)(O)C(C)(C)C. The Morgan fingerprint density at radius 3 is 1.00 bits per heavy atom. The van der Waals surface area contributed by atoms with Crippen molar-refractivity contribution < 1.29 is 23.3 Å². The lowest BCUT2D eigenvalue weighted by Gasteiger charge is -2.38. The molecule has 4 N–H and O–H groups in total. The van der Waals surface area contributed by atoms with Gasteiger partial charge in [0.15, 0.2) is 0 Å². The molecular formula is C8H22O5Si2. The molecule has 0 fully saturated rings. The summed E-state index contributed by atoms with van der Waals surface area (Å²) in [5, 5.41) is -1.77. The van der Waals surface area contributed by atoms with Crippen molar-refractivity contribution in [3.63, 3.8) is 0 Å². The first kappa shape index (κ1) is 15.2. The Balaban J connectivity index is 4.89. The van der Waals surface area contributed by atoms with Crippen molar-refractivity contribution >= 4 is 17.6 Å². The molecule has 0 unspecified atom stereocenters. The van der Waals surface area contributed by atoms with Gasteiger partial charge < -0.3 is 23.3 Å². The molecule has 0 aromatic carbocycles. The fourth-order valence-electron chi connectivity index (χ4n) is 0.505. The van der Waals surface area contributed by atoms with E-state index in [4.69, 9.17) is 4.12 Å². The van der Waals surface area contributed by atoms with Crippen molar-refractivity contribution in [2.75, 3.05) is 0 Å². The first-order valence-electron chi connectivity index (χ1n) is 4.80. The molecule has 0 saturated heterocycles. The van der Waals surface area contributed by atoms with Gasteiger partial charge in [-0.15, -0.1) is 0 Å². The molecular weight excluding hydrogens is 232 g/mol. The lowest BCUT2D eigenvalue weighted by molar-refractivity contribution is 0.117. The van der Waals surface area contributed by atoms with Crippen LogP contribution in [0.3, 0.4) is 0 Å². The summed E-state index contributed by atoms with van der Waals surface area (Å²) < 4.78 is 4.85. The van der Waals surface area contributed by atoms with E-state index >= 15 is 0 Å². The second kappa shape index (κ2) is 3.91. The summed E-state index contributed by atoms with van der Waals surface area (Å²) in [6, 6.07) is 0. The summed E-state index contributed by atoms with van der Waals surface area (Å²) >= 11 is 0. The molecule has 0 spiro atoms. The third-order valence-electron chi connectivity index (χ3n) is 2.24. The van der Waals surface area contributed by atoms with Crippen LogP contribution in [-0.2, 0) is 4.12 Å². The van der Waals surface area contributed by atoms with Crippen LogP contribution >= 0.6 is 0 Å². The topological polar surface area (TPSA) is 90.2 Å². The maximum atomic E-state index is 9.74. The van der Waals surface area contributed by atoms with Crippen LogP contribution in [0.5, 0.6) is 0 Å². The number of rotatable bonds is 2. The molecule has 0 amide bonds. The Morgan fingerprint density at radius 1 is 0.667 bits per heavy atom. The van der Waals surface area contributed by atoms with Crippen molar-refractivity contribution in [2.45, 2.75) is 51.6 Å². The summed E-state index contributed by atoms with van der Waals surface area (Å²) in [6.07, 6.45) is 0. The highest BCUT2D eigenvalue weighted by Crippen LogP contribution is 2.39. The highest BCUT2D eigenvalue weighted by Gasteiger charge is 2.58. The fraction of sp³-hybridized carbons (Fsp3) is 1.00. The van der Waals surface area contributed by atoms with Crippen molar-refractivity contribution in [1.29, 1.82) is 0 Å². The van der Waals surface area contributed by atoms with E-state index in [1.165, 1.54) is 0 Å². The van der Waals surface area contributed by atoms with Gasteiger partial charge in [-0.1, -0.05) is 41.5 Å². The Bertz CT molecular complexity index is 202. The zero-order valence-corrected chi connectivity index (χ0v) is 12.2. The van der Waals surface area contributed by atoms with Gasteiger partial charge in [0.25, 0.3) is 0 Å². The maximum absolute atomic E-state index is 9.74. The minimum atomic E-state index is -4.09. The van der Waals surface area contributed by atoms with Crippen LogP contribution in [0.2, 0.25) is 10.1 Å². The normalized spacial score (nSPS) is 15.6. The molecule has 0 aromatic rings. The molecule has 0 heterocycles. The van der Waals surface area contributed by atoms with Crippen LogP contribution in [0.4, 0.5) is 0 Å². The van der Waals surface area contributed by atoms with Gasteiger partial charge in [-0.25, -0.2) is 0 Å². The van der Waals surface area contributed by atoms with E-state index in [1.807, 2.05) is 0 Å². The monoisotopic (exact) mass is 254 g/mol. The number of hydrogen-bond acceptors (Lipinski definition) is 5. The molecule has 0 aliphatic rings. The van der Waals surface area contributed by atoms with Gasteiger partial charge in [-0.2, -0.15) is 0 Å². The highest BCUT2D eigenvalue weighted by molar-refractivity contribution is 6.75. The molecule has 92 valence electrons. The Kier molecular flexibility index (Phi) is 3.98. The lowest BCUT2D eigenvalue weighted by Crippen LogP contribution is -2.61. The minimum absolute atomic E-state index is 0.887. The highest BCUT2D eigenvalue weighted by atomic mass is 28.5. The van der Waals surface area contributed by atoms with E-state index in [1.54, 1.807) is 41.5 Å². The Hall–Kier alpha value is 0.234. The first-order valence-corrected chi connectivity index (χ1v) is 8.41. The molecule has 0 saturated carbocycles. The van der Waals surface area contributed by atoms with E-state index < -0.39 is 27.7 Å². The summed E-state index contributed by atoms with van der Waals surface area (Å²) in [6.45, 7) is 9.54. The van der Waals surface area contributed by atoms with E-state index in [-0.39, 0.29) is 0 Å². The van der Waals surface area contributed by atoms with Crippen LogP contribution in [-0.4, -0.2) is 36.8 Å². The van der Waals surface area contributed by atoms with E-state index in [9.17, 15) is 19.2 Å². The van der Waals surface area contributed by atoms with Gasteiger partial charge >= 0.3 is 17.6 Å². The third kappa shape index (κ3) is 3.63. The van der Waals surface area contributed by atoms with Crippen LogP contribution in [0.15, 0.2) is 0 Å². The second-order valence-corrected chi connectivity index (χ2v) is 12.1. The van der Waals surface area contributed by atoms with Gasteiger partial charge in [0.1, 0.15) is 0 Å². The van der Waals surface area contributed by atoms with Crippen molar-refractivity contribution in [3.8, 4) is 0 Å². The zero-order valence-electron chi connectivity index (χ0n) is 10.2. The molecule has 0 bridgehead atoms. The molecule has 5 nitrogen and oxygen atoms in total. The average Bonchev–Trinajstić information content (AvgIpc) is 1.77.